The Labute approximate surface area is 439 Å². The van der Waals surface area contributed by atoms with Crippen molar-refractivity contribution in [3.8, 4) is 17.6 Å². The number of carbonyl (C=O) groups is 6. The molecule has 0 unspecified atom stereocenters. The summed E-state index contributed by atoms with van der Waals surface area (Å²) in [5, 5.41) is 17.0. The number of hydrogen-bond acceptors (Lipinski definition) is 13. The first kappa shape index (κ1) is 50.7. The van der Waals surface area contributed by atoms with Gasteiger partial charge in [-0.2, -0.15) is 0 Å². The molecule has 16 nitrogen and oxygen atoms in total. The van der Waals surface area contributed by atoms with Crippen molar-refractivity contribution >= 4 is 52.8 Å². The summed E-state index contributed by atoms with van der Waals surface area (Å²) in [6.07, 6.45) is -1.27. The number of phenolic OH excluding ortho intramolecular Hbond substituents is 1. The van der Waals surface area contributed by atoms with Crippen LogP contribution in [0.15, 0.2) is 158 Å². The molecule has 0 aliphatic carbocycles. The third-order valence-corrected chi connectivity index (χ3v) is 14.8. The number of benzene rings is 6. The van der Waals surface area contributed by atoms with E-state index in [9.17, 15) is 14.7 Å². The Morgan fingerprint density at radius 1 is 0.750 bits per heavy atom. The number of nitrogens with zero attached hydrogens (tertiary/aromatic N) is 3. The Kier molecular flexibility index (Phi) is 14.4. The van der Waals surface area contributed by atoms with E-state index in [0.717, 1.165) is 30.4 Å². The molecule has 0 aromatic heterocycles. The minimum absolute atomic E-state index is 0.0779. The smallest absolute Gasteiger partial charge is 0.329 e. The summed E-state index contributed by atoms with van der Waals surface area (Å²) in [6.45, 7) is 4.29. The van der Waals surface area contributed by atoms with Gasteiger partial charge in [-0.1, -0.05) is 115 Å². The standard InChI is InChI=1S/C60H55N5O11/c1-37(39-15-7-4-8-16-39)61-59(72)64-48-31-22-38(14-13-21-46(55(68)73-2)56(69)74-3)36-47(48)60(58(64)71)49(54(67)62-43-25-27-44(28-26-43)63-32-34-75-35-33-63)51-57(70)76-52(41-19-11-6-12-20-41)50(40-17-9-5-10-18-40)65(51)53(60)42-23-29-45(66)30-24-42/h4-12,15-20,22-31,36-37,46,49-53,66H,21,32-35H2,1-3H3,(H,61,72)(H,62,67)/t37-,49+,50+,51+,52-,53-,60+/m1/s1. The van der Waals surface area contributed by atoms with Crippen molar-refractivity contribution in [2.45, 2.75) is 49.0 Å². The van der Waals surface area contributed by atoms with Crippen molar-refractivity contribution in [2.24, 2.45) is 11.8 Å². The molecule has 16 heteroatoms. The lowest BCUT2D eigenvalue weighted by Crippen LogP contribution is -2.55. The molecule has 0 radical (unpaired) electrons. The van der Waals surface area contributed by atoms with Crippen LogP contribution in [0.25, 0.3) is 0 Å². The fourth-order valence-corrected chi connectivity index (χ4v) is 11.3. The van der Waals surface area contributed by atoms with Crippen LogP contribution in [-0.4, -0.2) is 92.3 Å². The Hall–Kier alpha value is -8.78. The number of hydrogen-bond donors (Lipinski definition) is 3. The van der Waals surface area contributed by atoms with Crippen LogP contribution < -0.4 is 20.4 Å². The highest BCUT2D eigenvalue weighted by molar-refractivity contribution is 6.25. The Balaban J connectivity index is 1.22. The van der Waals surface area contributed by atoms with Crippen LogP contribution in [0.5, 0.6) is 5.75 Å². The number of aromatic hydroxyl groups is 1. The van der Waals surface area contributed by atoms with Gasteiger partial charge in [-0.3, -0.25) is 28.9 Å². The third kappa shape index (κ3) is 9.28. The number of ether oxygens (including phenoxy) is 4. The minimum Gasteiger partial charge on any atom is -0.508 e. The molecule has 10 rings (SSSR count). The lowest BCUT2D eigenvalue weighted by molar-refractivity contribution is -0.178. The number of nitrogens with one attached hydrogen (secondary N) is 2. The van der Waals surface area contributed by atoms with Gasteiger partial charge in [-0.25, -0.2) is 9.69 Å². The van der Waals surface area contributed by atoms with E-state index in [0.29, 0.717) is 48.7 Å². The summed E-state index contributed by atoms with van der Waals surface area (Å²) in [6, 6.07) is 41.2. The van der Waals surface area contributed by atoms with E-state index in [4.69, 9.17) is 18.9 Å². The van der Waals surface area contributed by atoms with Crippen molar-refractivity contribution in [3.63, 3.8) is 0 Å². The van der Waals surface area contributed by atoms with E-state index >= 15 is 19.2 Å². The van der Waals surface area contributed by atoms with Gasteiger partial charge in [0, 0.05) is 36.4 Å². The summed E-state index contributed by atoms with van der Waals surface area (Å²) in [5.74, 6) is -1.12. The summed E-state index contributed by atoms with van der Waals surface area (Å²) >= 11 is 0. The van der Waals surface area contributed by atoms with Crippen LogP contribution >= 0.6 is 0 Å². The number of amides is 4. The number of cyclic esters (lactones) is 1. The van der Waals surface area contributed by atoms with E-state index in [-0.39, 0.29) is 29.0 Å². The molecule has 7 atom stereocenters. The highest BCUT2D eigenvalue weighted by Gasteiger charge is 2.75. The van der Waals surface area contributed by atoms with E-state index < -0.39 is 83.3 Å². The summed E-state index contributed by atoms with van der Waals surface area (Å²) in [4.78, 5) is 94.2. The van der Waals surface area contributed by atoms with Crippen LogP contribution in [0.1, 0.15) is 71.0 Å². The number of methoxy groups -OCH3 is 2. The molecule has 3 saturated heterocycles. The second-order valence-electron chi connectivity index (χ2n) is 19.1. The van der Waals surface area contributed by atoms with E-state index in [2.05, 4.69) is 27.4 Å². The maximum absolute atomic E-state index is 16.8. The second kappa shape index (κ2) is 21.6. The third-order valence-electron chi connectivity index (χ3n) is 14.8. The predicted octanol–water partition coefficient (Wildman–Crippen LogP) is 7.71. The second-order valence-corrected chi connectivity index (χ2v) is 19.1. The van der Waals surface area contributed by atoms with Gasteiger partial charge in [0.05, 0.1) is 57.2 Å². The van der Waals surface area contributed by atoms with Crippen molar-refractivity contribution in [3.05, 3.63) is 191 Å². The maximum atomic E-state index is 16.8. The minimum atomic E-state index is -2.15. The Morgan fingerprint density at radius 3 is 2.00 bits per heavy atom. The molecule has 4 amide bonds. The number of urea groups is 1. The predicted molar refractivity (Wildman–Crippen MR) is 281 cm³/mol. The van der Waals surface area contributed by atoms with Gasteiger partial charge < -0.3 is 39.6 Å². The Bertz CT molecular complexity index is 3200. The monoisotopic (exact) mass is 1020 g/mol. The molecule has 4 aliphatic rings. The van der Waals surface area contributed by atoms with Crippen molar-refractivity contribution in [1.29, 1.82) is 0 Å². The highest BCUT2D eigenvalue weighted by Crippen LogP contribution is 2.66. The average molecular weight is 1020 g/mol. The van der Waals surface area contributed by atoms with Gasteiger partial charge in [-0.15, -0.1) is 0 Å². The molecular weight excluding hydrogens is 967 g/mol. The van der Waals surface area contributed by atoms with Gasteiger partial charge in [0.15, 0.2) is 5.92 Å². The summed E-state index contributed by atoms with van der Waals surface area (Å²) < 4.78 is 21.9. The Morgan fingerprint density at radius 2 is 1.37 bits per heavy atom. The van der Waals surface area contributed by atoms with Crippen LogP contribution in [0.4, 0.5) is 21.9 Å². The van der Waals surface area contributed by atoms with Crippen molar-refractivity contribution < 1.29 is 52.8 Å². The molecule has 0 bridgehead atoms. The van der Waals surface area contributed by atoms with E-state index in [1.165, 1.54) is 12.1 Å². The molecule has 4 heterocycles. The molecule has 0 saturated carbocycles. The first-order valence-corrected chi connectivity index (χ1v) is 25.0. The summed E-state index contributed by atoms with van der Waals surface area (Å²) in [5.41, 5.74) is 2.29. The van der Waals surface area contributed by atoms with E-state index in [1.54, 1.807) is 49.4 Å². The quantitative estimate of drug-likeness (QED) is 0.0495. The molecule has 6 aromatic rings. The fraction of sp³-hybridized carbons (Fsp3) is 0.267. The SMILES string of the molecule is COC(=O)C(CC#Cc1ccc2c(c1)[C@]1(C(=O)N2C(=O)N[C@H](C)c2ccccc2)[C@H](C(=O)Nc2ccc(N3CCOCC3)cc2)[C@H]2C(=O)O[C@H](c3ccccc3)[C@H](c3ccccc3)N2[C@@H]1c1ccc(O)cc1)C(=O)OC. The van der Waals surface area contributed by atoms with E-state index in [1.807, 2.05) is 108 Å². The van der Waals surface area contributed by atoms with Gasteiger partial charge in [0.1, 0.15) is 23.3 Å². The first-order valence-electron chi connectivity index (χ1n) is 25.0. The number of carbonyl (C=O) groups excluding carboxylic acids is 6. The van der Waals surface area contributed by atoms with Crippen molar-refractivity contribution in [1.82, 2.24) is 10.2 Å². The molecule has 6 aromatic carbocycles. The molecular formula is C60H55N5O11. The molecule has 386 valence electrons. The lowest BCUT2D eigenvalue weighted by Gasteiger charge is -2.46. The summed E-state index contributed by atoms with van der Waals surface area (Å²) in [7, 11) is 2.30. The maximum Gasteiger partial charge on any atom is 0.329 e. The molecule has 4 aliphatic heterocycles. The van der Waals surface area contributed by atoms with Crippen LogP contribution in [0, 0.1) is 23.7 Å². The number of anilines is 3. The largest absolute Gasteiger partial charge is 0.508 e. The van der Waals surface area contributed by atoms with Crippen LogP contribution in [-0.2, 0) is 48.3 Å². The zero-order valence-corrected chi connectivity index (χ0v) is 42.0. The van der Waals surface area contributed by atoms with Gasteiger partial charge in [0.25, 0.3) is 0 Å². The molecule has 1 spiro atoms. The number of morpholine rings is 2. The topological polar surface area (TPSA) is 193 Å². The number of rotatable bonds is 11. The molecule has 3 N–H and O–H groups in total. The van der Waals surface area contributed by atoms with Gasteiger partial charge >= 0.3 is 23.9 Å². The zero-order chi connectivity index (χ0) is 53.1. The number of phenols is 1. The average Bonchev–Trinajstić information content (AvgIpc) is 3.98. The molecule has 76 heavy (non-hydrogen) atoms. The fourth-order valence-electron chi connectivity index (χ4n) is 11.3. The molecule has 3 fully saturated rings. The number of imide groups is 1. The number of esters is 3. The lowest BCUT2D eigenvalue weighted by atomic mass is 9.65. The number of fused-ring (bicyclic) bond motifs is 3. The van der Waals surface area contributed by atoms with Crippen LogP contribution in [0.3, 0.4) is 0 Å². The normalized spacial score (nSPS) is 22.1. The van der Waals surface area contributed by atoms with Crippen molar-refractivity contribution in [2.75, 3.05) is 55.6 Å². The van der Waals surface area contributed by atoms with Gasteiger partial charge in [0.2, 0.25) is 11.8 Å². The zero-order valence-electron chi connectivity index (χ0n) is 42.0. The highest BCUT2D eigenvalue weighted by atomic mass is 16.6. The first-order chi connectivity index (χ1) is 36.9. The van der Waals surface area contributed by atoms with Gasteiger partial charge in [-0.05, 0) is 89.3 Å². The van der Waals surface area contributed by atoms with Crippen LogP contribution in [0.2, 0.25) is 0 Å².